The van der Waals surface area contributed by atoms with E-state index in [1.807, 2.05) is 0 Å². The van der Waals surface area contributed by atoms with Crippen molar-refractivity contribution in [1.82, 2.24) is 0 Å². The van der Waals surface area contributed by atoms with E-state index in [-0.39, 0.29) is 23.4 Å². The number of alkyl halides is 1. The number of carboxylic acid groups (broad SMARTS) is 1. The van der Waals surface area contributed by atoms with Crippen molar-refractivity contribution in [2.75, 3.05) is 5.88 Å². The van der Waals surface area contributed by atoms with Crippen molar-refractivity contribution in [3.05, 3.63) is 39.4 Å². The van der Waals surface area contributed by atoms with Crippen molar-refractivity contribution in [3.8, 4) is 0 Å². The molecule has 0 amide bonds. The molecule has 0 aliphatic rings. The maximum absolute atomic E-state index is 11.6. The monoisotopic (exact) mass is 287 g/mol. The van der Waals surface area contributed by atoms with Gasteiger partial charge in [-0.3, -0.25) is 14.9 Å². The van der Waals surface area contributed by atoms with E-state index in [1.54, 1.807) is 0 Å². The average Bonchev–Trinajstić information content (AvgIpc) is 2.37. The van der Waals surface area contributed by atoms with Crippen LogP contribution in [0.2, 0.25) is 0 Å². The highest BCUT2D eigenvalue weighted by Gasteiger charge is 2.24. The summed E-state index contributed by atoms with van der Waals surface area (Å²) in [5.74, 6) is -2.03. The van der Waals surface area contributed by atoms with Gasteiger partial charge in [0.2, 0.25) is 0 Å². The standard InChI is InChI=1S/C11H10ClNO6/c12-4-3-9(14)7-2-1-6(10(15)11(16)17)5-8(7)13(18)19/h1-2,5,10,15H,3-4H2,(H,16,17). The first-order valence-corrected chi connectivity index (χ1v) is 5.70. The maximum atomic E-state index is 11.6. The van der Waals surface area contributed by atoms with Crippen molar-refractivity contribution < 1.29 is 24.7 Å². The highest BCUT2D eigenvalue weighted by atomic mass is 35.5. The first kappa shape index (κ1) is 15.1. The highest BCUT2D eigenvalue weighted by molar-refractivity contribution is 6.19. The Morgan fingerprint density at radius 1 is 1.42 bits per heavy atom. The second-order valence-corrected chi connectivity index (χ2v) is 4.01. The molecule has 0 aromatic heterocycles. The molecule has 1 atom stereocenters. The maximum Gasteiger partial charge on any atom is 0.337 e. The van der Waals surface area contributed by atoms with Gasteiger partial charge in [0.25, 0.3) is 5.69 Å². The van der Waals surface area contributed by atoms with E-state index in [9.17, 15) is 24.8 Å². The fraction of sp³-hybridized carbons (Fsp3) is 0.273. The van der Waals surface area contributed by atoms with Crippen LogP contribution in [0.4, 0.5) is 5.69 Å². The topological polar surface area (TPSA) is 118 Å². The summed E-state index contributed by atoms with van der Waals surface area (Å²) in [4.78, 5) is 32.3. The minimum Gasteiger partial charge on any atom is -0.479 e. The Hall–Kier alpha value is -1.99. The summed E-state index contributed by atoms with van der Waals surface area (Å²) < 4.78 is 0. The number of hydrogen-bond donors (Lipinski definition) is 2. The zero-order valence-electron chi connectivity index (χ0n) is 9.58. The summed E-state index contributed by atoms with van der Waals surface area (Å²) in [6.07, 6.45) is -1.95. The number of benzene rings is 1. The number of hydrogen-bond acceptors (Lipinski definition) is 5. The van der Waals surface area contributed by atoms with Crippen molar-refractivity contribution >= 4 is 29.0 Å². The Kier molecular flexibility index (Phi) is 4.96. The van der Waals surface area contributed by atoms with Gasteiger partial charge in [-0.2, -0.15) is 0 Å². The van der Waals surface area contributed by atoms with Gasteiger partial charge >= 0.3 is 5.97 Å². The number of nitro benzene ring substituents is 1. The molecule has 0 spiro atoms. The van der Waals surface area contributed by atoms with Crippen LogP contribution in [-0.4, -0.2) is 32.8 Å². The summed E-state index contributed by atoms with van der Waals surface area (Å²) in [6, 6.07) is 3.15. The number of carbonyl (C=O) groups is 2. The van der Waals surface area contributed by atoms with E-state index in [0.29, 0.717) is 0 Å². The number of aliphatic hydroxyl groups excluding tert-OH is 1. The first-order chi connectivity index (χ1) is 8.88. The quantitative estimate of drug-likeness (QED) is 0.354. The molecular weight excluding hydrogens is 278 g/mol. The average molecular weight is 288 g/mol. The molecule has 7 nitrogen and oxygen atoms in total. The minimum absolute atomic E-state index is 0.0233. The number of rotatable bonds is 6. The summed E-state index contributed by atoms with van der Waals surface area (Å²) in [5.41, 5.74) is -0.874. The fourth-order valence-electron chi connectivity index (χ4n) is 1.47. The second-order valence-electron chi connectivity index (χ2n) is 3.64. The lowest BCUT2D eigenvalue weighted by Crippen LogP contribution is -2.12. The molecule has 0 aliphatic heterocycles. The SMILES string of the molecule is O=C(CCCl)c1ccc(C(O)C(=O)O)cc1[N+](=O)[O-]. The molecule has 0 radical (unpaired) electrons. The van der Waals surface area contributed by atoms with Gasteiger partial charge in [0.15, 0.2) is 11.9 Å². The van der Waals surface area contributed by atoms with Gasteiger partial charge in [-0.15, -0.1) is 11.6 Å². The van der Waals surface area contributed by atoms with Gasteiger partial charge in [-0.05, 0) is 11.6 Å². The van der Waals surface area contributed by atoms with Gasteiger partial charge in [0, 0.05) is 18.4 Å². The zero-order valence-corrected chi connectivity index (χ0v) is 10.3. The number of ketones is 1. The number of aliphatic carboxylic acids is 1. The van der Waals surface area contributed by atoms with E-state index in [0.717, 1.165) is 18.2 Å². The highest BCUT2D eigenvalue weighted by Crippen LogP contribution is 2.25. The molecule has 0 bridgehead atoms. The van der Waals surface area contributed by atoms with Crippen LogP contribution in [0.15, 0.2) is 18.2 Å². The van der Waals surface area contributed by atoms with E-state index in [4.69, 9.17) is 16.7 Å². The molecule has 0 aliphatic carbocycles. The Morgan fingerprint density at radius 2 is 2.05 bits per heavy atom. The minimum atomic E-state index is -1.88. The van der Waals surface area contributed by atoms with Crippen LogP contribution in [0.25, 0.3) is 0 Å². The molecular formula is C11H10ClNO6. The van der Waals surface area contributed by atoms with Crippen molar-refractivity contribution in [2.24, 2.45) is 0 Å². The predicted molar refractivity (Wildman–Crippen MR) is 65.4 cm³/mol. The number of carboxylic acids is 1. The number of Topliss-reactive ketones (excluding diaryl/α,β-unsaturated/α-hetero) is 1. The molecule has 19 heavy (non-hydrogen) atoms. The molecule has 0 saturated heterocycles. The van der Waals surface area contributed by atoms with Gasteiger partial charge < -0.3 is 10.2 Å². The molecule has 1 rings (SSSR count). The van der Waals surface area contributed by atoms with Crippen LogP contribution in [0.1, 0.15) is 28.4 Å². The number of aliphatic hydroxyl groups is 1. The molecule has 1 unspecified atom stereocenters. The van der Waals surface area contributed by atoms with Gasteiger partial charge in [0.1, 0.15) is 0 Å². The van der Waals surface area contributed by atoms with Crippen LogP contribution in [0.5, 0.6) is 0 Å². The van der Waals surface area contributed by atoms with E-state index >= 15 is 0 Å². The van der Waals surface area contributed by atoms with Crippen LogP contribution < -0.4 is 0 Å². The lowest BCUT2D eigenvalue weighted by atomic mass is 10.0. The van der Waals surface area contributed by atoms with Crippen molar-refractivity contribution in [1.29, 1.82) is 0 Å². The Labute approximate surface area is 112 Å². The van der Waals surface area contributed by atoms with Crippen LogP contribution in [-0.2, 0) is 4.79 Å². The third kappa shape index (κ3) is 3.49. The molecule has 8 heteroatoms. The third-order valence-electron chi connectivity index (χ3n) is 2.39. The lowest BCUT2D eigenvalue weighted by Gasteiger charge is -2.07. The second kappa shape index (κ2) is 6.26. The van der Waals surface area contributed by atoms with Crippen LogP contribution in [0, 0.1) is 10.1 Å². The Morgan fingerprint density at radius 3 is 2.53 bits per heavy atom. The number of halogens is 1. The van der Waals surface area contributed by atoms with Crippen LogP contribution in [0.3, 0.4) is 0 Å². The van der Waals surface area contributed by atoms with Crippen LogP contribution >= 0.6 is 11.6 Å². The Balaban J connectivity index is 3.26. The van der Waals surface area contributed by atoms with E-state index in [2.05, 4.69) is 0 Å². The van der Waals surface area contributed by atoms with Crippen molar-refractivity contribution in [2.45, 2.75) is 12.5 Å². The predicted octanol–water partition coefficient (Wildman–Crippen LogP) is 1.52. The van der Waals surface area contributed by atoms with E-state index in [1.165, 1.54) is 0 Å². The first-order valence-electron chi connectivity index (χ1n) is 5.17. The summed E-state index contributed by atoms with van der Waals surface area (Å²) in [6.45, 7) is 0. The summed E-state index contributed by atoms with van der Waals surface area (Å²) >= 11 is 5.39. The molecule has 0 fully saturated rings. The fourth-order valence-corrected chi connectivity index (χ4v) is 1.64. The number of nitro groups is 1. The van der Waals surface area contributed by atoms with Gasteiger partial charge in [-0.25, -0.2) is 4.79 Å². The number of carbonyl (C=O) groups excluding carboxylic acids is 1. The van der Waals surface area contributed by atoms with Gasteiger partial charge in [0.05, 0.1) is 10.5 Å². The molecule has 2 N–H and O–H groups in total. The van der Waals surface area contributed by atoms with Crippen molar-refractivity contribution in [3.63, 3.8) is 0 Å². The normalized spacial score (nSPS) is 11.9. The zero-order chi connectivity index (χ0) is 14.6. The van der Waals surface area contributed by atoms with E-state index < -0.39 is 28.5 Å². The summed E-state index contributed by atoms with van der Waals surface area (Å²) in [5, 5.41) is 28.8. The number of nitrogens with zero attached hydrogens (tertiary/aromatic N) is 1. The molecule has 102 valence electrons. The van der Waals surface area contributed by atoms with Gasteiger partial charge in [-0.1, -0.05) is 6.07 Å². The smallest absolute Gasteiger partial charge is 0.337 e. The lowest BCUT2D eigenvalue weighted by molar-refractivity contribution is -0.385. The molecule has 0 heterocycles. The third-order valence-corrected chi connectivity index (χ3v) is 2.58. The summed E-state index contributed by atoms with van der Waals surface area (Å²) in [7, 11) is 0. The Bertz CT molecular complexity index is 530. The molecule has 0 saturated carbocycles. The molecule has 1 aromatic rings. The molecule has 1 aromatic carbocycles. The largest absolute Gasteiger partial charge is 0.479 e.